The molecule has 5 nitrogen and oxygen atoms in total. The maximum atomic E-state index is 13.1. The van der Waals surface area contributed by atoms with Gasteiger partial charge < -0.3 is 20.7 Å². The average Bonchev–Trinajstić information content (AvgIpc) is 2.65. The number of halogens is 1. The molecule has 0 saturated carbocycles. The van der Waals surface area contributed by atoms with Gasteiger partial charge in [0.25, 0.3) is 5.91 Å². The molecule has 1 amide bonds. The number of allylic oxidation sites excluding steroid dienone is 1. The molecular formula is C21H22ClN3O2S. The number of benzene rings is 2. The predicted molar refractivity (Wildman–Crippen MR) is 117 cm³/mol. The molecule has 3 rings (SSSR count). The second-order valence-corrected chi connectivity index (χ2v) is 7.33. The van der Waals surface area contributed by atoms with Crippen molar-refractivity contribution in [2.45, 2.75) is 26.8 Å². The largest absolute Gasteiger partial charge is 0.494 e. The molecule has 28 heavy (non-hydrogen) atoms. The topological polar surface area (TPSA) is 62.4 Å². The van der Waals surface area contributed by atoms with Crippen molar-refractivity contribution in [3.63, 3.8) is 0 Å². The second-order valence-electron chi connectivity index (χ2n) is 6.49. The minimum Gasteiger partial charge on any atom is -0.494 e. The van der Waals surface area contributed by atoms with Crippen LogP contribution in [-0.4, -0.2) is 17.6 Å². The molecule has 2 aromatic carbocycles. The van der Waals surface area contributed by atoms with E-state index >= 15 is 0 Å². The number of hydrogen-bond acceptors (Lipinski definition) is 3. The molecule has 0 bridgehead atoms. The highest BCUT2D eigenvalue weighted by Gasteiger charge is 2.30. The number of rotatable bonds is 5. The smallest absolute Gasteiger partial charge is 0.255 e. The van der Waals surface area contributed by atoms with Crippen molar-refractivity contribution in [1.82, 2.24) is 10.6 Å². The zero-order valence-electron chi connectivity index (χ0n) is 15.9. The molecular weight excluding hydrogens is 394 g/mol. The first-order chi connectivity index (χ1) is 13.4. The summed E-state index contributed by atoms with van der Waals surface area (Å²) < 4.78 is 5.51. The summed E-state index contributed by atoms with van der Waals surface area (Å²) in [5, 5.41) is 10.2. The maximum absolute atomic E-state index is 13.1. The number of anilines is 1. The summed E-state index contributed by atoms with van der Waals surface area (Å²) in [6.45, 7) is 6.30. The minimum atomic E-state index is -0.371. The van der Waals surface area contributed by atoms with Crippen LogP contribution in [0.5, 0.6) is 5.75 Å². The Bertz CT molecular complexity index is 941. The van der Waals surface area contributed by atoms with E-state index in [-0.39, 0.29) is 11.9 Å². The first-order valence-corrected chi connectivity index (χ1v) is 9.76. The summed E-state index contributed by atoms with van der Waals surface area (Å²) in [5.74, 6) is 0.563. The molecule has 0 saturated heterocycles. The van der Waals surface area contributed by atoms with E-state index in [1.54, 1.807) is 12.1 Å². The fraction of sp³-hybridized carbons (Fsp3) is 0.238. The fourth-order valence-electron chi connectivity index (χ4n) is 3.09. The van der Waals surface area contributed by atoms with Gasteiger partial charge in [0.1, 0.15) is 5.75 Å². The Kier molecular flexibility index (Phi) is 6.21. The first-order valence-electron chi connectivity index (χ1n) is 8.97. The molecule has 1 atom stereocenters. The predicted octanol–water partition coefficient (Wildman–Crippen LogP) is 4.48. The zero-order valence-corrected chi connectivity index (χ0v) is 17.5. The van der Waals surface area contributed by atoms with Gasteiger partial charge in [-0.05, 0) is 68.4 Å². The van der Waals surface area contributed by atoms with E-state index in [9.17, 15) is 4.79 Å². The Labute approximate surface area is 175 Å². The lowest BCUT2D eigenvalue weighted by Gasteiger charge is -2.30. The summed E-state index contributed by atoms with van der Waals surface area (Å²) in [6, 6.07) is 12.7. The minimum absolute atomic E-state index is 0.218. The van der Waals surface area contributed by atoms with Crippen molar-refractivity contribution in [2.75, 3.05) is 11.9 Å². The molecule has 0 aromatic heterocycles. The van der Waals surface area contributed by atoms with Crippen LogP contribution >= 0.6 is 23.8 Å². The molecule has 7 heteroatoms. The van der Waals surface area contributed by atoms with Gasteiger partial charge in [-0.15, -0.1) is 0 Å². The molecule has 1 aliphatic rings. The van der Waals surface area contributed by atoms with Gasteiger partial charge in [-0.25, -0.2) is 0 Å². The third kappa shape index (κ3) is 4.46. The lowest BCUT2D eigenvalue weighted by Crippen LogP contribution is -2.45. The van der Waals surface area contributed by atoms with Crippen LogP contribution in [0.25, 0.3) is 0 Å². The highest BCUT2D eigenvalue weighted by atomic mass is 35.5. The second kappa shape index (κ2) is 8.63. The number of aryl methyl sites for hydroxylation is 1. The van der Waals surface area contributed by atoms with Crippen LogP contribution in [0.3, 0.4) is 0 Å². The fourth-order valence-corrected chi connectivity index (χ4v) is 3.53. The molecule has 0 unspecified atom stereocenters. The van der Waals surface area contributed by atoms with Crippen molar-refractivity contribution in [3.05, 3.63) is 69.9 Å². The average molecular weight is 416 g/mol. The van der Waals surface area contributed by atoms with E-state index in [1.807, 2.05) is 51.1 Å². The van der Waals surface area contributed by atoms with Gasteiger partial charge in [0.15, 0.2) is 5.11 Å². The van der Waals surface area contributed by atoms with Gasteiger partial charge in [-0.1, -0.05) is 29.8 Å². The summed E-state index contributed by atoms with van der Waals surface area (Å²) in [4.78, 5) is 13.1. The summed E-state index contributed by atoms with van der Waals surface area (Å²) in [7, 11) is 0. The summed E-state index contributed by atoms with van der Waals surface area (Å²) >= 11 is 11.4. The summed E-state index contributed by atoms with van der Waals surface area (Å²) in [5.41, 5.74) is 3.80. The number of carbonyl (C=O) groups is 1. The Morgan fingerprint density at radius 3 is 2.61 bits per heavy atom. The van der Waals surface area contributed by atoms with Crippen molar-refractivity contribution in [2.24, 2.45) is 0 Å². The van der Waals surface area contributed by atoms with Crippen molar-refractivity contribution in [1.29, 1.82) is 0 Å². The van der Waals surface area contributed by atoms with E-state index in [1.165, 1.54) is 0 Å². The van der Waals surface area contributed by atoms with Crippen molar-refractivity contribution < 1.29 is 9.53 Å². The number of ether oxygens (including phenoxy) is 1. The van der Waals surface area contributed by atoms with Gasteiger partial charge in [0.2, 0.25) is 0 Å². The third-order valence-corrected chi connectivity index (χ3v) is 4.94. The number of thiocarbonyl (C=S) groups is 1. The van der Waals surface area contributed by atoms with Crippen LogP contribution in [0, 0.1) is 6.92 Å². The molecule has 1 aliphatic heterocycles. The maximum Gasteiger partial charge on any atom is 0.255 e. The van der Waals surface area contributed by atoms with Crippen molar-refractivity contribution in [3.8, 4) is 5.75 Å². The number of carbonyl (C=O) groups excluding carboxylic acids is 1. The Hall–Kier alpha value is -2.57. The lowest BCUT2D eigenvalue weighted by atomic mass is 9.94. The molecule has 3 N–H and O–H groups in total. The van der Waals surface area contributed by atoms with Crippen LogP contribution in [0.1, 0.15) is 31.0 Å². The van der Waals surface area contributed by atoms with E-state index in [0.717, 1.165) is 16.9 Å². The van der Waals surface area contributed by atoms with E-state index < -0.39 is 0 Å². The first kappa shape index (κ1) is 20.2. The highest BCUT2D eigenvalue weighted by Crippen LogP contribution is 2.30. The number of hydrogen-bond donors (Lipinski definition) is 3. The normalized spacial score (nSPS) is 16.3. The number of amides is 1. The highest BCUT2D eigenvalue weighted by molar-refractivity contribution is 7.80. The van der Waals surface area contributed by atoms with Crippen LogP contribution in [0.15, 0.2) is 53.7 Å². The van der Waals surface area contributed by atoms with Gasteiger partial charge >= 0.3 is 0 Å². The zero-order chi connectivity index (χ0) is 20.3. The van der Waals surface area contributed by atoms with Crippen LogP contribution in [0.4, 0.5) is 5.69 Å². The van der Waals surface area contributed by atoms with Crippen LogP contribution < -0.4 is 20.7 Å². The Morgan fingerprint density at radius 2 is 1.93 bits per heavy atom. The molecule has 0 aliphatic carbocycles. The van der Waals surface area contributed by atoms with Gasteiger partial charge in [0, 0.05) is 16.4 Å². The Balaban J connectivity index is 1.92. The standard InChI is InChI=1S/C21H22ClN3O2S/c1-4-27-16-9-6-14(7-10-16)19-18(13(3)23-21(28)25-19)20(26)24-17-11-15(22)8-5-12(17)2/h5-11,19H,4H2,1-3H3,(H,24,26)(H2,23,25,28)/t19-/m1/s1. The molecule has 1 heterocycles. The van der Waals surface area contributed by atoms with E-state index in [2.05, 4.69) is 16.0 Å². The van der Waals surface area contributed by atoms with Crippen molar-refractivity contribution >= 4 is 40.5 Å². The molecule has 0 fully saturated rings. The van der Waals surface area contributed by atoms with Gasteiger partial charge in [-0.3, -0.25) is 4.79 Å². The van der Waals surface area contributed by atoms with Gasteiger partial charge in [0.05, 0.1) is 18.2 Å². The number of nitrogens with one attached hydrogen (secondary N) is 3. The van der Waals surface area contributed by atoms with E-state index in [0.29, 0.717) is 33.7 Å². The Morgan fingerprint density at radius 1 is 1.21 bits per heavy atom. The monoisotopic (exact) mass is 415 g/mol. The molecule has 2 aromatic rings. The SMILES string of the molecule is CCOc1ccc([C@H]2NC(=S)NC(C)=C2C(=O)Nc2cc(Cl)ccc2C)cc1. The van der Waals surface area contributed by atoms with Crippen LogP contribution in [-0.2, 0) is 4.79 Å². The van der Waals surface area contributed by atoms with E-state index in [4.69, 9.17) is 28.6 Å². The molecule has 146 valence electrons. The summed E-state index contributed by atoms with van der Waals surface area (Å²) in [6.07, 6.45) is 0. The van der Waals surface area contributed by atoms with Crippen LogP contribution in [0.2, 0.25) is 5.02 Å². The van der Waals surface area contributed by atoms with Gasteiger partial charge in [-0.2, -0.15) is 0 Å². The third-order valence-electron chi connectivity index (χ3n) is 4.49. The molecule has 0 spiro atoms. The molecule has 0 radical (unpaired) electrons. The lowest BCUT2D eigenvalue weighted by molar-refractivity contribution is -0.113. The quantitative estimate of drug-likeness (QED) is 0.628.